The zero-order chi connectivity index (χ0) is 14.2. The van der Waals surface area contributed by atoms with Crippen LogP contribution in [0.2, 0.25) is 0 Å². The molecule has 1 atom stereocenters. The van der Waals surface area contributed by atoms with E-state index in [1.165, 1.54) is 17.0 Å². The van der Waals surface area contributed by atoms with Crippen LogP contribution in [0.25, 0.3) is 0 Å². The summed E-state index contributed by atoms with van der Waals surface area (Å²) in [6.07, 6.45) is 0.407. The summed E-state index contributed by atoms with van der Waals surface area (Å²) in [6.45, 7) is 2.13. The van der Waals surface area contributed by atoms with Gasteiger partial charge < -0.3 is 10.0 Å². The van der Waals surface area contributed by atoms with Crippen LogP contribution >= 0.6 is 15.9 Å². The Morgan fingerprint density at radius 2 is 2.11 bits per heavy atom. The number of amides is 1. The Morgan fingerprint density at radius 3 is 2.63 bits per heavy atom. The molecule has 0 radical (unpaired) electrons. The number of hydrogen-bond acceptors (Lipinski definition) is 2. The maximum Gasteiger partial charge on any atom is 0.311 e. The molecule has 1 N–H and O–H groups in total. The zero-order valence-corrected chi connectivity index (χ0v) is 11.9. The van der Waals surface area contributed by atoms with Crippen molar-refractivity contribution in [3.05, 3.63) is 34.1 Å². The van der Waals surface area contributed by atoms with Crippen molar-refractivity contribution >= 4 is 27.8 Å². The maximum absolute atomic E-state index is 13.3. The monoisotopic (exact) mass is 329 g/mol. The van der Waals surface area contributed by atoms with Crippen LogP contribution in [-0.4, -0.2) is 35.0 Å². The minimum Gasteiger partial charge on any atom is -0.481 e. The molecule has 0 unspecified atom stereocenters. The molecule has 1 aliphatic rings. The first-order valence-electron chi connectivity index (χ1n) is 5.81. The lowest BCUT2D eigenvalue weighted by Crippen LogP contribution is -2.34. The van der Waals surface area contributed by atoms with Crippen LogP contribution in [0.15, 0.2) is 22.7 Å². The number of nitrogens with zero attached hydrogens (tertiary/aromatic N) is 1. The Bertz CT molecular complexity index is 528. The molecule has 6 heteroatoms. The van der Waals surface area contributed by atoms with Gasteiger partial charge in [0.15, 0.2) is 0 Å². The summed E-state index contributed by atoms with van der Waals surface area (Å²) in [5.74, 6) is -1.76. The second-order valence-electron chi connectivity index (χ2n) is 5.00. The number of carboxylic acids is 1. The SMILES string of the molecule is C[C@]1(C(=O)O)CCN(C(=O)c2cc(F)cc(Br)c2)C1. The van der Waals surface area contributed by atoms with Crippen LogP contribution in [0.4, 0.5) is 4.39 Å². The molecule has 1 aromatic carbocycles. The lowest BCUT2D eigenvalue weighted by Gasteiger charge is -2.20. The summed E-state index contributed by atoms with van der Waals surface area (Å²) < 4.78 is 13.7. The van der Waals surface area contributed by atoms with Crippen LogP contribution in [0.5, 0.6) is 0 Å². The van der Waals surface area contributed by atoms with E-state index in [0.717, 1.165) is 6.07 Å². The van der Waals surface area contributed by atoms with E-state index in [1.54, 1.807) is 6.92 Å². The molecule has 102 valence electrons. The first-order chi connectivity index (χ1) is 8.82. The number of aliphatic carboxylic acids is 1. The van der Waals surface area contributed by atoms with Crippen molar-refractivity contribution in [3.63, 3.8) is 0 Å². The molecular formula is C13H13BrFNO3. The van der Waals surface area contributed by atoms with Crippen molar-refractivity contribution in [3.8, 4) is 0 Å². The second kappa shape index (κ2) is 4.92. The largest absolute Gasteiger partial charge is 0.481 e. The van der Waals surface area contributed by atoms with Gasteiger partial charge in [0.2, 0.25) is 0 Å². The molecule has 4 nitrogen and oxygen atoms in total. The number of benzene rings is 1. The van der Waals surface area contributed by atoms with Crippen molar-refractivity contribution in [2.75, 3.05) is 13.1 Å². The number of halogens is 2. The molecule has 0 spiro atoms. The summed E-state index contributed by atoms with van der Waals surface area (Å²) in [6, 6.07) is 3.95. The van der Waals surface area contributed by atoms with Crippen molar-refractivity contribution in [2.45, 2.75) is 13.3 Å². The molecule has 2 rings (SSSR count). The van der Waals surface area contributed by atoms with Gasteiger partial charge >= 0.3 is 5.97 Å². The van der Waals surface area contributed by atoms with E-state index < -0.39 is 17.2 Å². The van der Waals surface area contributed by atoms with Crippen LogP contribution in [0.1, 0.15) is 23.7 Å². The van der Waals surface area contributed by atoms with Crippen LogP contribution < -0.4 is 0 Å². The van der Waals surface area contributed by atoms with Gasteiger partial charge in [-0.2, -0.15) is 0 Å². The lowest BCUT2D eigenvalue weighted by molar-refractivity contribution is -0.147. The normalized spacial score (nSPS) is 22.6. The van der Waals surface area contributed by atoms with Gasteiger partial charge in [0.1, 0.15) is 5.82 Å². The first kappa shape index (κ1) is 14.0. The number of likely N-dealkylation sites (tertiary alicyclic amines) is 1. The smallest absolute Gasteiger partial charge is 0.311 e. The second-order valence-corrected chi connectivity index (χ2v) is 5.92. The van der Waals surface area contributed by atoms with E-state index in [1.807, 2.05) is 0 Å². The van der Waals surface area contributed by atoms with Crippen molar-refractivity contribution in [1.82, 2.24) is 4.90 Å². The molecule has 0 aliphatic carbocycles. The van der Waals surface area contributed by atoms with E-state index in [2.05, 4.69) is 15.9 Å². The minimum absolute atomic E-state index is 0.148. The van der Waals surface area contributed by atoms with Gasteiger partial charge in [-0.05, 0) is 31.5 Å². The fourth-order valence-electron chi connectivity index (χ4n) is 2.17. The quantitative estimate of drug-likeness (QED) is 0.907. The Morgan fingerprint density at radius 1 is 1.42 bits per heavy atom. The van der Waals surface area contributed by atoms with Gasteiger partial charge in [-0.1, -0.05) is 15.9 Å². The number of carbonyl (C=O) groups excluding carboxylic acids is 1. The van der Waals surface area contributed by atoms with Gasteiger partial charge in [-0.15, -0.1) is 0 Å². The molecule has 1 fully saturated rings. The highest BCUT2D eigenvalue weighted by molar-refractivity contribution is 9.10. The third-order valence-electron chi connectivity index (χ3n) is 3.39. The number of carbonyl (C=O) groups is 2. The molecule has 0 aromatic heterocycles. The number of rotatable bonds is 2. The molecule has 1 heterocycles. The Hall–Kier alpha value is -1.43. The Balaban J connectivity index is 2.20. The molecule has 1 aromatic rings. The molecular weight excluding hydrogens is 317 g/mol. The van der Waals surface area contributed by atoms with Gasteiger partial charge in [0.05, 0.1) is 5.41 Å². The van der Waals surface area contributed by atoms with Crippen LogP contribution in [0, 0.1) is 11.2 Å². The van der Waals surface area contributed by atoms with E-state index in [4.69, 9.17) is 5.11 Å². The van der Waals surface area contributed by atoms with Crippen LogP contribution in [0.3, 0.4) is 0 Å². The molecule has 1 amide bonds. The van der Waals surface area contributed by atoms with E-state index in [0.29, 0.717) is 17.4 Å². The summed E-state index contributed by atoms with van der Waals surface area (Å²) >= 11 is 3.13. The summed E-state index contributed by atoms with van der Waals surface area (Å²) in [5, 5.41) is 9.13. The highest BCUT2D eigenvalue weighted by atomic mass is 79.9. The molecule has 19 heavy (non-hydrogen) atoms. The van der Waals surface area contributed by atoms with Gasteiger partial charge in [-0.3, -0.25) is 9.59 Å². The third kappa shape index (κ3) is 2.78. The van der Waals surface area contributed by atoms with E-state index in [9.17, 15) is 14.0 Å². The fraction of sp³-hybridized carbons (Fsp3) is 0.385. The zero-order valence-electron chi connectivity index (χ0n) is 10.3. The molecule has 0 bridgehead atoms. The van der Waals surface area contributed by atoms with Crippen molar-refractivity contribution in [2.24, 2.45) is 5.41 Å². The first-order valence-corrected chi connectivity index (χ1v) is 6.60. The number of hydrogen-bond donors (Lipinski definition) is 1. The summed E-state index contributed by atoms with van der Waals surface area (Å²) in [5.41, 5.74) is -0.693. The topological polar surface area (TPSA) is 57.6 Å². The van der Waals surface area contributed by atoms with Crippen molar-refractivity contribution < 1.29 is 19.1 Å². The highest BCUT2D eigenvalue weighted by Crippen LogP contribution is 2.31. The van der Waals surface area contributed by atoms with Gasteiger partial charge in [0.25, 0.3) is 5.91 Å². The average Bonchev–Trinajstić information content (AvgIpc) is 2.71. The van der Waals surface area contributed by atoms with Gasteiger partial charge in [-0.25, -0.2) is 4.39 Å². The minimum atomic E-state index is -0.916. The molecule has 1 saturated heterocycles. The standard InChI is InChI=1S/C13H13BrFNO3/c1-13(12(18)19)2-3-16(7-13)11(17)8-4-9(14)6-10(15)5-8/h4-6H,2-3,7H2,1H3,(H,18,19)/t13-/m0/s1. The predicted octanol–water partition coefficient (Wildman–Crippen LogP) is 2.53. The van der Waals surface area contributed by atoms with E-state index in [-0.39, 0.29) is 18.0 Å². The third-order valence-corrected chi connectivity index (χ3v) is 3.84. The summed E-state index contributed by atoms with van der Waals surface area (Å²) in [4.78, 5) is 24.8. The molecule has 0 saturated carbocycles. The predicted molar refractivity (Wildman–Crippen MR) is 70.4 cm³/mol. The fourth-order valence-corrected chi connectivity index (χ4v) is 2.63. The van der Waals surface area contributed by atoms with Crippen molar-refractivity contribution in [1.29, 1.82) is 0 Å². The Labute approximate surface area is 118 Å². The van der Waals surface area contributed by atoms with Gasteiger partial charge in [0, 0.05) is 23.1 Å². The molecule has 1 aliphatic heterocycles. The highest BCUT2D eigenvalue weighted by Gasteiger charge is 2.42. The van der Waals surface area contributed by atoms with Crippen LogP contribution in [-0.2, 0) is 4.79 Å². The number of carboxylic acid groups (broad SMARTS) is 1. The average molecular weight is 330 g/mol. The lowest BCUT2D eigenvalue weighted by atomic mass is 9.90. The maximum atomic E-state index is 13.3. The summed E-state index contributed by atoms with van der Waals surface area (Å²) in [7, 11) is 0. The Kier molecular flexibility index (Phi) is 3.62. The van der Waals surface area contributed by atoms with E-state index >= 15 is 0 Å².